The van der Waals surface area contributed by atoms with Gasteiger partial charge in [-0.3, -0.25) is 14.4 Å². The van der Waals surface area contributed by atoms with E-state index >= 15 is 0 Å². The molecule has 3 unspecified atom stereocenters. The number of anilines is 1. The molecule has 3 amide bonds. The van der Waals surface area contributed by atoms with Crippen LogP contribution >= 0.6 is 67.8 Å². The summed E-state index contributed by atoms with van der Waals surface area (Å²) in [5.41, 5.74) is 0.397. The number of halogens is 3. The van der Waals surface area contributed by atoms with Gasteiger partial charge in [0.05, 0.1) is 62.0 Å². The lowest BCUT2D eigenvalue weighted by atomic mass is 10.1. The van der Waals surface area contributed by atoms with E-state index < -0.39 is 49.2 Å². The highest BCUT2D eigenvalue weighted by Crippen LogP contribution is 2.38. The molecule has 0 heterocycles. The maximum absolute atomic E-state index is 13.0. The quantitative estimate of drug-likeness (QED) is 0.145. The predicted octanol–water partition coefficient (Wildman–Crippen LogP) is -0.600. The molecule has 0 aliphatic carbocycles. The Morgan fingerprint density at radius 2 is 1.24 bits per heavy atom. The van der Waals surface area contributed by atoms with Crippen LogP contribution in [-0.4, -0.2) is 94.4 Å². The average molecular weight is 805 g/mol. The van der Waals surface area contributed by atoms with Gasteiger partial charge in [0.2, 0.25) is 5.91 Å². The minimum Gasteiger partial charge on any atom is -0.394 e. The molecule has 0 bridgehead atoms. The lowest BCUT2D eigenvalue weighted by Gasteiger charge is -2.28. The first kappa shape index (κ1) is 30.7. The van der Waals surface area contributed by atoms with Gasteiger partial charge in [0, 0.05) is 23.6 Å². The van der Waals surface area contributed by atoms with Crippen molar-refractivity contribution in [3.05, 3.63) is 21.8 Å². The van der Waals surface area contributed by atoms with Crippen molar-refractivity contribution in [1.29, 1.82) is 0 Å². The third-order valence-corrected chi connectivity index (χ3v) is 7.44. The van der Waals surface area contributed by atoms with Crippen LogP contribution < -0.4 is 15.5 Å². The van der Waals surface area contributed by atoms with Gasteiger partial charge in [-0.05, 0) is 74.7 Å². The molecule has 1 rings (SSSR count). The molecule has 0 fully saturated rings. The highest BCUT2D eigenvalue weighted by atomic mass is 127. The molecule has 0 radical (unpaired) electrons. The molecular weight excluding hydrogens is 779 g/mol. The highest BCUT2D eigenvalue weighted by Gasteiger charge is 2.31. The van der Waals surface area contributed by atoms with Crippen molar-refractivity contribution < 1.29 is 39.9 Å². The summed E-state index contributed by atoms with van der Waals surface area (Å²) in [5, 5.41) is 52.1. The van der Waals surface area contributed by atoms with Gasteiger partial charge in [0.15, 0.2) is 0 Å². The third-order valence-electron chi connectivity index (χ3n) is 4.26. The molecule has 14 heteroatoms. The number of hydrogen-bond acceptors (Lipinski definition) is 8. The Kier molecular flexibility index (Phi) is 13.2. The van der Waals surface area contributed by atoms with Gasteiger partial charge in [-0.2, -0.15) is 0 Å². The summed E-state index contributed by atoms with van der Waals surface area (Å²) in [4.78, 5) is 39.7. The minimum atomic E-state index is -1.18. The minimum absolute atomic E-state index is 0.0708. The first-order valence-electron chi connectivity index (χ1n) is 9.68. The molecule has 0 aliphatic heterocycles. The van der Waals surface area contributed by atoms with Crippen LogP contribution in [0.25, 0.3) is 0 Å². The van der Waals surface area contributed by atoms with Gasteiger partial charge >= 0.3 is 0 Å². The zero-order valence-corrected chi connectivity index (χ0v) is 24.3. The maximum atomic E-state index is 13.0. The van der Waals surface area contributed by atoms with Gasteiger partial charge in [-0.15, -0.1) is 0 Å². The molecule has 0 saturated carbocycles. The lowest BCUT2D eigenvalue weighted by Crippen LogP contribution is -2.40. The van der Waals surface area contributed by atoms with Crippen molar-refractivity contribution in [2.24, 2.45) is 0 Å². The maximum Gasteiger partial charge on any atom is 0.253 e. The van der Waals surface area contributed by atoms with E-state index in [0.29, 0.717) is 7.14 Å². The molecule has 3 atom stereocenters. The number of nitrogens with zero attached hydrogens (tertiary/aromatic N) is 1. The summed E-state index contributed by atoms with van der Waals surface area (Å²) >= 11 is 5.60. The summed E-state index contributed by atoms with van der Waals surface area (Å²) in [6.45, 7) is 1.11. The Labute approximate surface area is 231 Å². The van der Waals surface area contributed by atoms with Crippen LogP contribution in [0.4, 0.5) is 5.69 Å². The fourth-order valence-electron chi connectivity index (χ4n) is 2.65. The van der Waals surface area contributed by atoms with Crippen molar-refractivity contribution in [2.75, 3.05) is 37.7 Å². The first-order valence-corrected chi connectivity index (χ1v) is 12.9. The van der Waals surface area contributed by atoms with E-state index in [-0.39, 0.29) is 40.0 Å². The van der Waals surface area contributed by atoms with Gasteiger partial charge in [-0.1, -0.05) is 0 Å². The smallest absolute Gasteiger partial charge is 0.253 e. The average Bonchev–Trinajstić information content (AvgIpc) is 2.74. The number of amides is 3. The fraction of sp³-hybridized carbons (Fsp3) is 0.526. The lowest BCUT2D eigenvalue weighted by molar-refractivity contribution is -0.116. The Morgan fingerprint density at radius 1 is 0.848 bits per heavy atom. The number of rotatable bonds is 11. The second-order valence-corrected chi connectivity index (χ2v) is 10.3. The summed E-state index contributed by atoms with van der Waals surface area (Å²) in [6, 6.07) is 0. The topological polar surface area (TPSA) is 180 Å². The van der Waals surface area contributed by atoms with Gasteiger partial charge < -0.3 is 41.1 Å². The molecule has 7 N–H and O–H groups in total. The molecule has 0 spiro atoms. The van der Waals surface area contributed by atoms with E-state index in [1.807, 2.05) is 67.8 Å². The van der Waals surface area contributed by atoms with Gasteiger partial charge in [-0.25, -0.2) is 0 Å². The Hall–Kier alpha value is -0.380. The molecule has 1 aromatic rings. The van der Waals surface area contributed by atoms with Crippen LogP contribution in [0, 0.1) is 10.7 Å². The summed E-state index contributed by atoms with van der Waals surface area (Å²) in [5.74, 6) is -1.70. The number of hydrogen-bond donors (Lipinski definition) is 7. The van der Waals surface area contributed by atoms with Gasteiger partial charge in [0.25, 0.3) is 11.8 Å². The zero-order valence-electron chi connectivity index (χ0n) is 17.8. The summed E-state index contributed by atoms with van der Waals surface area (Å²) in [6.07, 6.45) is -3.26. The largest absolute Gasteiger partial charge is 0.394 e. The van der Waals surface area contributed by atoms with Crippen molar-refractivity contribution in [2.45, 2.75) is 32.2 Å². The zero-order chi connectivity index (χ0) is 25.5. The van der Waals surface area contributed by atoms with Crippen molar-refractivity contribution in [3.8, 4) is 0 Å². The number of carbonyl (C=O) groups is 3. The molecule has 0 aliphatic rings. The SMILES string of the molecule is CC(=O)N(CC(C)O)c1c(I)c(C(=O)NCC(O)CO)c(I)c(C(=O)NCC(O)CO)c1I. The monoisotopic (exact) mass is 805 g/mol. The molecular formula is C19H26I3N3O8. The Balaban J connectivity index is 3.71. The summed E-state index contributed by atoms with van der Waals surface area (Å²) in [7, 11) is 0. The van der Waals surface area contributed by atoms with E-state index in [2.05, 4.69) is 10.6 Å². The van der Waals surface area contributed by atoms with E-state index in [9.17, 15) is 29.7 Å². The Morgan fingerprint density at radius 3 is 1.55 bits per heavy atom. The molecule has 1 aromatic carbocycles. The summed E-state index contributed by atoms with van der Waals surface area (Å²) < 4.78 is 0.957. The Bertz CT molecular complexity index is 831. The van der Waals surface area contributed by atoms with E-state index in [0.717, 1.165) is 0 Å². The molecule has 0 saturated heterocycles. The van der Waals surface area contributed by atoms with Crippen LogP contribution in [0.3, 0.4) is 0 Å². The number of benzene rings is 1. The number of aliphatic hydroxyl groups is 5. The van der Waals surface area contributed by atoms with E-state index in [4.69, 9.17) is 10.2 Å². The highest BCUT2D eigenvalue weighted by molar-refractivity contribution is 14.1. The second kappa shape index (κ2) is 14.2. The molecule has 186 valence electrons. The van der Waals surface area contributed by atoms with Crippen LogP contribution in [0.2, 0.25) is 0 Å². The fourth-order valence-corrected chi connectivity index (χ4v) is 7.38. The molecule has 11 nitrogen and oxygen atoms in total. The van der Waals surface area contributed by atoms with E-state index in [1.165, 1.54) is 18.7 Å². The van der Waals surface area contributed by atoms with Crippen molar-refractivity contribution in [3.63, 3.8) is 0 Å². The van der Waals surface area contributed by atoms with Crippen LogP contribution in [0.15, 0.2) is 0 Å². The van der Waals surface area contributed by atoms with Gasteiger partial charge in [0.1, 0.15) is 0 Å². The number of aliphatic hydroxyl groups excluding tert-OH is 5. The van der Waals surface area contributed by atoms with E-state index in [1.54, 1.807) is 0 Å². The van der Waals surface area contributed by atoms with Crippen molar-refractivity contribution in [1.82, 2.24) is 10.6 Å². The second-order valence-electron chi connectivity index (χ2n) is 7.11. The third kappa shape index (κ3) is 8.36. The molecule has 0 aromatic heterocycles. The number of carbonyl (C=O) groups excluding carboxylic acids is 3. The molecule has 33 heavy (non-hydrogen) atoms. The standard InChI is InChI=1S/C19H26I3N3O8/c1-8(28)5-25(9(2)29)17-15(21)12(18(32)23-3-10(30)6-26)14(20)13(16(17)22)19(33)24-4-11(31)7-27/h8,10-11,26-28,30-31H,3-7H2,1-2H3,(H,23,32)(H,24,33). The first-order chi connectivity index (χ1) is 15.4. The predicted molar refractivity (Wildman–Crippen MR) is 145 cm³/mol. The normalized spacial score (nSPS) is 13.8. The van der Waals surface area contributed by atoms with Crippen LogP contribution in [0.5, 0.6) is 0 Å². The van der Waals surface area contributed by atoms with Crippen molar-refractivity contribution >= 4 is 91.2 Å². The number of nitrogens with one attached hydrogen (secondary N) is 2. The van der Waals surface area contributed by atoms with Crippen LogP contribution in [0.1, 0.15) is 34.6 Å². The van der Waals surface area contributed by atoms with Crippen LogP contribution in [-0.2, 0) is 4.79 Å².